The van der Waals surface area contributed by atoms with Crippen molar-refractivity contribution in [3.05, 3.63) is 169 Å². The topological polar surface area (TPSA) is 49.3 Å². The molecular formula is C41H33NO2. The summed E-state index contributed by atoms with van der Waals surface area (Å²) in [6.07, 6.45) is 0.905. The summed E-state index contributed by atoms with van der Waals surface area (Å²) in [6.45, 7) is 0. The van der Waals surface area contributed by atoms with E-state index < -0.39 is 11.6 Å². The Bertz CT molecular complexity index is 1660. The molecule has 3 heteroatoms. The van der Waals surface area contributed by atoms with Crippen molar-refractivity contribution < 1.29 is 9.90 Å². The van der Waals surface area contributed by atoms with E-state index in [2.05, 4.69) is 90.2 Å². The van der Waals surface area contributed by atoms with Crippen LogP contribution in [0.3, 0.4) is 0 Å². The predicted octanol–water partition coefficient (Wildman–Crippen LogP) is 8.87. The summed E-state index contributed by atoms with van der Waals surface area (Å²) in [5, 5.41) is 16.4. The van der Waals surface area contributed by atoms with E-state index in [0.717, 1.165) is 55.6 Å². The second kappa shape index (κ2) is 11.8. The lowest BCUT2D eigenvalue weighted by Gasteiger charge is -2.36. The van der Waals surface area contributed by atoms with Gasteiger partial charge in [-0.15, -0.1) is 0 Å². The molecule has 7 rings (SSSR count). The molecule has 0 radical (unpaired) electrons. The molecule has 0 unspecified atom stereocenters. The lowest BCUT2D eigenvalue weighted by molar-refractivity contribution is -0.120. The molecule has 1 aliphatic heterocycles. The Hall–Kier alpha value is -5.25. The van der Waals surface area contributed by atoms with E-state index in [0.29, 0.717) is 12.8 Å². The second-order valence-corrected chi connectivity index (χ2v) is 11.5. The van der Waals surface area contributed by atoms with Crippen molar-refractivity contribution in [2.75, 3.05) is 0 Å². The van der Waals surface area contributed by atoms with Crippen LogP contribution in [0.25, 0.3) is 44.5 Å². The number of carbonyl (C=O) groups is 1. The molecule has 214 valence electrons. The van der Waals surface area contributed by atoms with Crippen LogP contribution in [0.5, 0.6) is 0 Å². The number of carbonyl (C=O) groups excluding carboxylic acids is 1. The van der Waals surface area contributed by atoms with Crippen LogP contribution in [-0.2, 0) is 10.4 Å². The SMILES string of the molecule is O=C1CC[C@@H](C(O)(c2cc(-c3ccccc3)cc(-c3ccccc3)c2)c2cc(-c3ccccc3)cc(-c3ccccc3)c2)N1. The van der Waals surface area contributed by atoms with Crippen LogP contribution in [0.4, 0.5) is 0 Å². The zero-order valence-corrected chi connectivity index (χ0v) is 24.4. The van der Waals surface area contributed by atoms with Crippen LogP contribution in [0.1, 0.15) is 24.0 Å². The van der Waals surface area contributed by atoms with Gasteiger partial charge in [0, 0.05) is 6.42 Å². The van der Waals surface area contributed by atoms with E-state index in [4.69, 9.17) is 0 Å². The van der Waals surface area contributed by atoms with E-state index in [-0.39, 0.29) is 5.91 Å². The van der Waals surface area contributed by atoms with E-state index in [1.165, 1.54) is 0 Å². The maximum atomic E-state index is 13.2. The van der Waals surface area contributed by atoms with Crippen LogP contribution < -0.4 is 5.32 Å². The van der Waals surface area contributed by atoms with E-state index in [1.54, 1.807) is 0 Å². The summed E-state index contributed by atoms with van der Waals surface area (Å²) in [5.74, 6) is -0.0431. The van der Waals surface area contributed by atoms with Crippen molar-refractivity contribution in [2.24, 2.45) is 0 Å². The predicted molar refractivity (Wildman–Crippen MR) is 179 cm³/mol. The number of hydrogen-bond acceptors (Lipinski definition) is 2. The van der Waals surface area contributed by atoms with Crippen LogP contribution in [0, 0.1) is 0 Å². The summed E-state index contributed by atoms with van der Waals surface area (Å²) < 4.78 is 0. The Balaban J connectivity index is 1.50. The van der Waals surface area contributed by atoms with Gasteiger partial charge in [0.25, 0.3) is 0 Å². The molecule has 1 amide bonds. The Kier molecular flexibility index (Phi) is 7.39. The fraction of sp³-hybridized carbons (Fsp3) is 0.0976. The molecular weight excluding hydrogens is 538 g/mol. The zero-order chi connectivity index (χ0) is 29.9. The zero-order valence-electron chi connectivity index (χ0n) is 24.4. The van der Waals surface area contributed by atoms with Crippen molar-refractivity contribution in [2.45, 2.75) is 24.5 Å². The van der Waals surface area contributed by atoms with Crippen molar-refractivity contribution >= 4 is 5.91 Å². The average Bonchev–Trinajstić information content (AvgIpc) is 3.55. The van der Waals surface area contributed by atoms with Gasteiger partial charge in [0.1, 0.15) is 5.60 Å². The lowest BCUT2D eigenvalue weighted by Crippen LogP contribution is -2.47. The number of nitrogens with one attached hydrogen (secondary N) is 1. The Morgan fingerprint density at radius 3 is 1.07 bits per heavy atom. The first kappa shape index (κ1) is 27.6. The van der Waals surface area contributed by atoms with Crippen molar-refractivity contribution in [1.82, 2.24) is 5.32 Å². The van der Waals surface area contributed by atoms with Crippen LogP contribution in [0.15, 0.2) is 158 Å². The Morgan fingerprint density at radius 1 is 0.477 bits per heavy atom. The minimum absolute atomic E-state index is 0.0431. The van der Waals surface area contributed by atoms with Crippen molar-refractivity contribution in [3.8, 4) is 44.5 Å². The first-order valence-corrected chi connectivity index (χ1v) is 15.1. The quantitative estimate of drug-likeness (QED) is 0.201. The molecule has 0 spiro atoms. The Morgan fingerprint density at radius 2 is 0.795 bits per heavy atom. The molecule has 3 nitrogen and oxygen atoms in total. The van der Waals surface area contributed by atoms with Gasteiger partial charge >= 0.3 is 0 Å². The average molecular weight is 572 g/mol. The first-order valence-electron chi connectivity index (χ1n) is 15.1. The molecule has 2 N–H and O–H groups in total. The molecule has 0 saturated carbocycles. The third-order valence-electron chi connectivity index (χ3n) is 8.67. The molecule has 1 heterocycles. The minimum atomic E-state index is -1.51. The summed E-state index contributed by atoms with van der Waals surface area (Å²) >= 11 is 0. The molecule has 6 aromatic carbocycles. The second-order valence-electron chi connectivity index (χ2n) is 11.5. The van der Waals surface area contributed by atoms with Gasteiger partial charge in [0.2, 0.25) is 5.91 Å². The number of aliphatic hydroxyl groups is 1. The summed E-state index contributed by atoms with van der Waals surface area (Å²) in [6, 6.07) is 53.2. The highest BCUT2D eigenvalue weighted by Crippen LogP contribution is 2.43. The summed E-state index contributed by atoms with van der Waals surface area (Å²) in [7, 11) is 0. The van der Waals surface area contributed by atoms with Crippen LogP contribution in [0.2, 0.25) is 0 Å². The highest BCUT2D eigenvalue weighted by atomic mass is 16.3. The van der Waals surface area contributed by atoms with Crippen molar-refractivity contribution in [3.63, 3.8) is 0 Å². The normalized spacial score (nSPS) is 14.8. The highest BCUT2D eigenvalue weighted by molar-refractivity contribution is 5.81. The van der Waals surface area contributed by atoms with Gasteiger partial charge in [0.15, 0.2) is 0 Å². The third kappa shape index (κ3) is 5.34. The molecule has 1 atom stereocenters. The maximum absolute atomic E-state index is 13.2. The van der Waals surface area contributed by atoms with Gasteiger partial charge in [-0.25, -0.2) is 0 Å². The molecule has 1 fully saturated rings. The number of amides is 1. The van der Waals surface area contributed by atoms with Gasteiger partial charge < -0.3 is 10.4 Å². The number of rotatable bonds is 7. The number of hydrogen-bond donors (Lipinski definition) is 2. The molecule has 44 heavy (non-hydrogen) atoms. The van der Waals surface area contributed by atoms with Gasteiger partial charge in [-0.3, -0.25) is 4.79 Å². The first-order chi connectivity index (χ1) is 21.6. The van der Waals surface area contributed by atoms with Gasteiger partial charge in [-0.1, -0.05) is 121 Å². The lowest BCUT2D eigenvalue weighted by atomic mass is 9.76. The van der Waals surface area contributed by atoms with E-state index in [9.17, 15) is 9.90 Å². The van der Waals surface area contributed by atoms with Crippen molar-refractivity contribution in [1.29, 1.82) is 0 Å². The fourth-order valence-corrected chi connectivity index (χ4v) is 6.38. The van der Waals surface area contributed by atoms with E-state index >= 15 is 0 Å². The van der Waals surface area contributed by atoms with Crippen LogP contribution >= 0.6 is 0 Å². The monoisotopic (exact) mass is 571 g/mol. The molecule has 6 aromatic rings. The Labute approximate surface area is 258 Å². The smallest absolute Gasteiger partial charge is 0.220 e. The fourth-order valence-electron chi connectivity index (χ4n) is 6.38. The highest BCUT2D eigenvalue weighted by Gasteiger charge is 2.44. The van der Waals surface area contributed by atoms with E-state index in [1.807, 2.05) is 72.8 Å². The minimum Gasteiger partial charge on any atom is -0.378 e. The van der Waals surface area contributed by atoms with Gasteiger partial charge in [0.05, 0.1) is 6.04 Å². The summed E-state index contributed by atoms with van der Waals surface area (Å²) in [5.41, 5.74) is 8.26. The molecule has 1 saturated heterocycles. The molecule has 0 bridgehead atoms. The standard InChI is InChI=1S/C41H33NO2/c43-40-22-21-39(42-40)41(44,37-25-33(29-13-5-1-6-14-29)23-34(26-37)30-15-7-2-8-16-30)38-27-35(31-17-9-3-10-18-31)24-36(28-38)32-19-11-4-12-20-32/h1-20,23-28,39,44H,21-22H2,(H,42,43)/t39-/m0/s1. The molecule has 0 aromatic heterocycles. The molecule has 0 aliphatic carbocycles. The summed E-state index contributed by atoms with van der Waals surface area (Å²) in [4.78, 5) is 12.7. The van der Waals surface area contributed by atoms with Crippen LogP contribution in [-0.4, -0.2) is 17.1 Å². The third-order valence-corrected chi connectivity index (χ3v) is 8.67. The van der Waals surface area contributed by atoms with Gasteiger partial charge in [-0.2, -0.15) is 0 Å². The van der Waals surface area contributed by atoms with Gasteiger partial charge in [-0.05, 0) is 98.5 Å². The largest absolute Gasteiger partial charge is 0.378 e. The molecule has 1 aliphatic rings. The maximum Gasteiger partial charge on any atom is 0.220 e. The number of benzene rings is 6.